The van der Waals surface area contributed by atoms with Gasteiger partial charge in [-0.05, 0) is 25.7 Å². The first-order valence-electron chi connectivity index (χ1n) is 6.83. The summed E-state index contributed by atoms with van der Waals surface area (Å²) in [5.41, 5.74) is -0.197. The van der Waals surface area contributed by atoms with Gasteiger partial charge in [0.2, 0.25) is 5.91 Å². The van der Waals surface area contributed by atoms with Crippen LogP contribution in [0.15, 0.2) is 0 Å². The largest absolute Gasteiger partial charge is 0.481 e. The fourth-order valence-electron chi connectivity index (χ4n) is 2.54. The van der Waals surface area contributed by atoms with Gasteiger partial charge in [-0.3, -0.25) is 9.59 Å². The highest BCUT2D eigenvalue weighted by atomic mass is 16.5. The number of rotatable bonds is 5. The quantitative estimate of drug-likeness (QED) is 0.739. The van der Waals surface area contributed by atoms with E-state index in [1.54, 1.807) is 4.90 Å². The first-order chi connectivity index (χ1) is 8.98. The molecule has 2 saturated heterocycles. The number of nitrogens with zero attached hydrogens (tertiary/aromatic N) is 1. The molecule has 0 unspecified atom stereocenters. The van der Waals surface area contributed by atoms with Gasteiger partial charge in [-0.15, -0.1) is 0 Å². The van der Waals surface area contributed by atoms with Crippen LogP contribution in [0.2, 0.25) is 0 Å². The lowest BCUT2D eigenvalue weighted by Gasteiger charge is -2.39. The molecule has 108 valence electrons. The molecule has 0 atom stereocenters. The van der Waals surface area contributed by atoms with E-state index in [1.807, 2.05) is 6.92 Å². The van der Waals surface area contributed by atoms with E-state index < -0.39 is 5.97 Å². The van der Waals surface area contributed by atoms with Crippen LogP contribution in [0, 0.1) is 5.92 Å². The molecule has 19 heavy (non-hydrogen) atoms. The number of amides is 1. The van der Waals surface area contributed by atoms with E-state index >= 15 is 0 Å². The van der Waals surface area contributed by atoms with Gasteiger partial charge in [-0.25, -0.2) is 0 Å². The number of carboxylic acids is 1. The van der Waals surface area contributed by atoms with Crippen molar-refractivity contribution < 1.29 is 19.4 Å². The molecule has 0 bridgehead atoms. The van der Waals surface area contributed by atoms with E-state index in [-0.39, 0.29) is 30.5 Å². The first kappa shape index (κ1) is 14.3. The van der Waals surface area contributed by atoms with Crippen LogP contribution in [-0.2, 0) is 14.3 Å². The van der Waals surface area contributed by atoms with Crippen LogP contribution in [0.25, 0.3) is 0 Å². The summed E-state index contributed by atoms with van der Waals surface area (Å²) in [5, 5.41) is 11.9. The molecule has 0 aromatic rings. The zero-order valence-corrected chi connectivity index (χ0v) is 11.4. The molecule has 2 rings (SSSR count). The first-order valence-corrected chi connectivity index (χ1v) is 6.83. The lowest BCUT2D eigenvalue weighted by molar-refractivity contribution is -0.147. The number of aliphatic carboxylic acids is 1. The minimum absolute atomic E-state index is 0.0156. The molecule has 0 aromatic carbocycles. The van der Waals surface area contributed by atoms with Crippen molar-refractivity contribution in [1.82, 2.24) is 10.2 Å². The summed E-state index contributed by atoms with van der Waals surface area (Å²) in [4.78, 5) is 24.4. The molecule has 0 spiro atoms. The molecule has 2 heterocycles. The van der Waals surface area contributed by atoms with E-state index in [2.05, 4.69) is 5.32 Å². The van der Waals surface area contributed by atoms with Crippen LogP contribution < -0.4 is 5.32 Å². The molecule has 2 fully saturated rings. The van der Waals surface area contributed by atoms with Gasteiger partial charge in [-0.1, -0.05) is 0 Å². The second-order valence-electron chi connectivity index (χ2n) is 5.76. The monoisotopic (exact) mass is 270 g/mol. The molecule has 2 N–H and O–H groups in total. The third kappa shape index (κ3) is 3.91. The zero-order chi connectivity index (χ0) is 13.9. The SMILES string of the molecule is CC1(OCC(=O)N2CCC(CC(=O)O)CC2)CNC1. The van der Waals surface area contributed by atoms with Crippen LogP contribution in [0.3, 0.4) is 0 Å². The summed E-state index contributed by atoms with van der Waals surface area (Å²) in [6.45, 7) is 5.00. The van der Waals surface area contributed by atoms with Crippen molar-refractivity contribution in [2.75, 3.05) is 32.8 Å². The van der Waals surface area contributed by atoms with Crippen molar-refractivity contribution in [2.24, 2.45) is 5.92 Å². The molecule has 0 saturated carbocycles. The Morgan fingerprint density at radius 1 is 1.37 bits per heavy atom. The van der Waals surface area contributed by atoms with Crippen molar-refractivity contribution in [3.05, 3.63) is 0 Å². The number of hydrogen-bond donors (Lipinski definition) is 2. The van der Waals surface area contributed by atoms with E-state index in [4.69, 9.17) is 9.84 Å². The molecular formula is C13H22N2O4. The lowest BCUT2D eigenvalue weighted by Crippen LogP contribution is -2.59. The van der Waals surface area contributed by atoms with Crippen molar-refractivity contribution in [3.8, 4) is 0 Å². The Balaban J connectivity index is 1.68. The number of carbonyl (C=O) groups excluding carboxylic acids is 1. The Morgan fingerprint density at radius 3 is 2.47 bits per heavy atom. The average Bonchev–Trinajstić information content (AvgIpc) is 2.34. The van der Waals surface area contributed by atoms with Gasteiger partial charge in [0.25, 0.3) is 0 Å². The van der Waals surface area contributed by atoms with Crippen molar-refractivity contribution in [1.29, 1.82) is 0 Å². The van der Waals surface area contributed by atoms with Gasteiger partial charge in [0.15, 0.2) is 0 Å². The molecule has 6 heteroatoms. The number of hydrogen-bond acceptors (Lipinski definition) is 4. The van der Waals surface area contributed by atoms with Crippen molar-refractivity contribution >= 4 is 11.9 Å². The number of ether oxygens (including phenoxy) is 1. The van der Waals surface area contributed by atoms with Crippen molar-refractivity contribution in [2.45, 2.75) is 31.8 Å². The van der Waals surface area contributed by atoms with Gasteiger partial charge in [0.05, 0.1) is 5.60 Å². The summed E-state index contributed by atoms with van der Waals surface area (Å²) in [5.74, 6) is -0.531. The Labute approximate surface area is 113 Å². The second kappa shape index (κ2) is 5.88. The highest BCUT2D eigenvalue weighted by Gasteiger charge is 2.34. The Morgan fingerprint density at radius 2 is 2.00 bits per heavy atom. The minimum atomic E-state index is -0.751. The summed E-state index contributed by atoms with van der Waals surface area (Å²) < 4.78 is 5.62. The molecule has 1 amide bonds. The summed E-state index contributed by atoms with van der Waals surface area (Å²) in [6.07, 6.45) is 1.76. The Hall–Kier alpha value is -1.14. The number of carboxylic acid groups (broad SMARTS) is 1. The minimum Gasteiger partial charge on any atom is -0.481 e. The van der Waals surface area contributed by atoms with Gasteiger partial charge in [-0.2, -0.15) is 0 Å². The highest BCUT2D eigenvalue weighted by Crippen LogP contribution is 2.21. The molecule has 0 aromatic heterocycles. The summed E-state index contributed by atoms with van der Waals surface area (Å²) >= 11 is 0. The van der Waals surface area contributed by atoms with E-state index in [0.717, 1.165) is 25.9 Å². The highest BCUT2D eigenvalue weighted by molar-refractivity contribution is 5.77. The van der Waals surface area contributed by atoms with Gasteiger partial charge < -0.3 is 20.1 Å². The van der Waals surface area contributed by atoms with Crippen LogP contribution >= 0.6 is 0 Å². The Bertz CT molecular complexity index is 347. The number of likely N-dealkylation sites (tertiary alicyclic amines) is 1. The second-order valence-corrected chi connectivity index (χ2v) is 5.76. The maximum atomic E-state index is 12.0. The predicted octanol–water partition coefficient (Wildman–Crippen LogP) is 0.0782. The van der Waals surface area contributed by atoms with Crippen LogP contribution in [0.4, 0.5) is 0 Å². The third-order valence-corrected chi connectivity index (χ3v) is 3.97. The van der Waals surface area contributed by atoms with E-state index in [0.29, 0.717) is 13.1 Å². The fraction of sp³-hybridized carbons (Fsp3) is 0.846. The molecular weight excluding hydrogens is 248 g/mol. The van der Waals surface area contributed by atoms with Gasteiger partial charge >= 0.3 is 5.97 Å². The van der Waals surface area contributed by atoms with Gasteiger partial charge in [0, 0.05) is 32.6 Å². The standard InChI is InChI=1S/C13H22N2O4/c1-13(8-14-9-13)19-7-11(16)15-4-2-10(3-5-15)6-12(17)18/h10,14H,2-9H2,1H3,(H,17,18). The Kier molecular flexibility index (Phi) is 4.42. The summed E-state index contributed by atoms with van der Waals surface area (Å²) in [6, 6.07) is 0. The van der Waals surface area contributed by atoms with Crippen LogP contribution in [0.5, 0.6) is 0 Å². The number of carbonyl (C=O) groups is 2. The lowest BCUT2D eigenvalue weighted by atomic mass is 9.93. The maximum Gasteiger partial charge on any atom is 0.303 e. The number of piperidine rings is 1. The molecule has 6 nitrogen and oxygen atoms in total. The van der Waals surface area contributed by atoms with Gasteiger partial charge in [0.1, 0.15) is 6.61 Å². The predicted molar refractivity (Wildman–Crippen MR) is 68.8 cm³/mol. The van der Waals surface area contributed by atoms with Crippen molar-refractivity contribution in [3.63, 3.8) is 0 Å². The van der Waals surface area contributed by atoms with Crippen LogP contribution in [-0.4, -0.2) is 60.3 Å². The normalized spacial score (nSPS) is 22.9. The van der Waals surface area contributed by atoms with E-state index in [1.165, 1.54) is 0 Å². The molecule has 0 radical (unpaired) electrons. The zero-order valence-electron chi connectivity index (χ0n) is 11.4. The molecule has 2 aliphatic heterocycles. The van der Waals surface area contributed by atoms with Crippen LogP contribution in [0.1, 0.15) is 26.2 Å². The third-order valence-electron chi connectivity index (χ3n) is 3.97. The smallest absolute Gasteiger partial charge is 0.303 e. The average molecular weight is 270 g/mol. The number of nitrogens with one attached hydrogen (secondary N) is 1. The topological polar surface area (TPSA) is 78.9 Å². The molecule has 2 aliphatic rings. The maximum absolute atomic E-state index is 12.0. The summed E-state index contributed by atoms with van der Waals surface area (Å²) in [7, 11) is 0. The molecule has 0 aliphatic carbocycles. The van der Waals surface area contributed by atoms with E-state index in [9.17, 15) is 9.59 Å². The fourth-order valence-corrected chi connectivity index (χ4v) is 2.54.